The number of nitrogens with zero attached hydrogens (tertiary/aromatic N) is 2. The molecule has 0 saturated heterocycles. The van der Waals surface area contributed by atoms with Gasteiger partial charge >= 0.3 is 5.97 Å². The van der Waals surface area contributed by atoms with E-state index in [-0.39, 0.29) is 30.8 Å². The highest BCUT2D eigenvalue weighted by Crippen LogP contribution is 2.16. The van der Waals surface area contributed by atoms with Crippen LogP contribution in [-0.4, -0.2) is 61.0 Å². The molecule has 1 amide bonds. The molecule has 0 spiro atoms. The average molecular weight is 503 g/mol. The zero-order valence-corrected chi connectivity index (χ0v) is 20.5. The van der Waals surface area contributed by atoms with Crippen LogP contribution in [0.4, 0.5) is 5.69 Å². The Morgan fingerprint density at radius 3 is 2.37 bits per heavy atom. The number of amidine groups is 1. The van der Waals surface area contributed by atoms with Crippen molar-refractivity contribution < 1.29 is 27.9 Å². The lowest BCUT2D eigenvalue weighted by atomic mass is 10.0. The highest BCUT2D eigenvalue weighted by atomic mass is 32.2. The molecule has 0 aliphatic rings. The zero-order valence-electron chi connectivity index (χ0n) is 19.7. The van der Waals surface area contributed by atoms with E-state index in [1.807, 2.05) is 0 Å². The van der Waals surface area contributed by atoms with Crippen LogP contribution in [0.2, 0.25) is 0 Å². The lowest BCUT2D eigenvalue weighted by Crippen LogP contribution is -2.46. The van der Waals surface area contributed by atoms with E-state index < -0.39 is 34.5 Å². The molecule has 0 fully saturated rings. The number of carbonyl (C=O) groups excluding carboxylic acids is 2. The first-order chi connectivity index (χ1) is 16.5. The van der Waals surface area contributed by atoms with Crippen molar-refractivity contribution in [1.82, 2.24) is 9.62 Å². The lowest BCUT2D eigenvalue weighted by molar-refractivity contribution is -0.142. The molecule has 1 unspecified atom stereocenters. The molecule has 2 aromatic carbocycles. The summed E-state index contributed by atoms with van der Waals surface area (Å²) in [5.74, 6) is -2.20. The van der Waals surface area contributed by atoms with Gasteiger partial charge in [0.2, 0.25) is 15.9 Å². The summed E-state index contributed by atoms with van der Waals surface area (Å²) in [6, 6.07) is 14.1. The smallest absolute Gasteiger partial charge is 0.326 e. The second-order valence-electron chi connectivity index (χ2n) is 8.13. The average Bonchev–Trinajstić information content (AvgIpc) is 2.76. The number of hydrogen-bond donors (Lipinski definition) is 3. The van der Waals surface area contributed by atoms with Gasteiger partial charge in [0.15, 0.2) is 0 Å². The topological polar surface area (TPSA) is 159 Å². The number of aliphatic imine (C=N–C) groups is 1. The predicted octanol–water partition coefficient (Wildman–Crippen LogP) is 1.62. The van der Waals surface area contributed by atoms with Crippen molar-refractivity contribution >= 4 is 39.2 Å². The summed E-state index contributed by atoms with van der Waals surface area (Å²) in [7, 11) is -2.53. The number of carboxylic acid groups (broad SMARTS) is 1. The summed E-state index contributed by atoms with van der Waals surface area (Å²) in [5.41, 5.74) is 7.45. The van der Waals surface area contributed by atoms with E-state index in [9.17, 15) is 27.9 Å². The first-order valence-corrected chi connectivity index (χ1v) is 12.5. The number of nitrogens with two attached hydrogens (primary N) is 1. The van der Waals surface area contributed by atoms with E-state index in [2.05, 4.69) is 10.3 Å². The molecule has 2 aromatic rings. The van der Waals surface area contributed by atoms with E-state index >= 15 is 0 Å². The Morgan fingerprint density at radius 1 is 1.09 bits per heavy atom. The van der Waals surface area contributed by atoms with Crippen LogP contribution in [0, 0.1) is 0 Å². The van der Waals surface area contributed by atoms with Gasteiger partial charge in [-0.1, -0.05) is 42.5 Å². The fourth-order valence-corrected chi connectivity index (χ4v) is 4.40. The van der Waals surface area contributed by atoms with E-state index in [4.69, 9.17) is 5.73 Å². The first-order valence-electron chi connectivity index (χ1n) is 10.9. The van der Waals surface area contributed by atoms with Gasteiger partial charge in [-0.15, -0.1) is 0 Å². The van der Waals surface area contributed by atoms with Gasteiger partial charge in [0, 0.05) is 19.9 Å². The van der Waals surface area contributed by atoms with Gasteiger partial charge in [0.05, 0.1) is 23.8 Å². The van der Waals surface area contributed by atoms with Gasteiger partial charge in [0.25, 0.3) is 0 Å². The van der Waals surface area contributed by atoms with Crippen LogP contribution in [0.25, 0.3) is 0 Å². The standard InChI is InChI=1S/C24H30N4O6S/c1-17(25)26-20-10-6-9-19(13-20)14-21(29)11-12-22(24(31)32)27-23(30)15-28(2)35(33,34)16-18-7-4-3-5-8-18/h3-10,13,22H,11-12,14-16H2,1-2H3,(H2,25,26)(H,27,30)(H,31,32). The van der Waals surface area contributed by atoms with E-state index in [1.165, 1.54) is 7.05 Å². The zero-order chi connectivity index (χ0) is 26.0. The third kappa shape index (κ3) is 9.67. The maximum atomic E-state index is 12.5. The minimum atomic E-state index is -3.78. The SMILES string of the molecule is CC(N)=Nc1cccc(CC(=O)CCC(NC(=O)CN(C)S(=O)(=O)Cc2ccccc2)C(=O)O)c1. The minimum Gasteiger partial charge on any atom is -0.480 e. The Labute approximate surface area is 204 Å². The minimum absolute atomic E-state index is 0.0771. The molecule has 35 heavy (non-hydrogen) atoms. The number of hydrogen-bond acceptors (Lipinski definition) is 6. The van der Waals surface area contributed by atoms with Crippen LogP contribution in [-0.2, 0) is 36.6 Å². The molecular formula is C24H30N4O6S. The summed E-state index contributed by atoms with van der Waals surface area (Å²) in [4.78, 5) is 40.5. The summed E-state index contributed by atoms with van der Waals surface area (Å²) < 4.78 is 25.9. The second-order valence-corrected chi connectivity index (χ2v) is 10.2. The summed E-state index contributed by atoms with van der Waals surface area (Å²) in [6.07, 6.45) is -0.128. The van der Waals surface area contributed by atoms with Gasteiger partial charge in [-0.2, -0.15) is 4.31 Å². The maximum absolute atomic E-state index is 12.5. The van der Waals surface area contributed by atoms with Crippen molar-refractivity contribution in [1.29, 1.82) is 0 Å². The number of sulfonamides is 1. The molecule has 0 aliphatic heterocycles. The van der Waals surface area contributed by atoms with Gasteiger partial charge in [-0.3, -0.25) is 9.59 Å². The van der Waals surface area contributed by atoms with Crippen molar-refractivity contribution in [2.24, 2.45) is 10.7 Å². The molecule has 0 aliphatic carbocycles. The van der Waals surface area contributed by atoms with E-state index in [0.717, 1.165) is 4.31 Å². The molecule has 10 nitrogen and oxygen atoms in total. The number of aliphatic carboxylic acids is 1. The number of benzene rings is 2. The molecular weight excluding hydrogens is 472 g/mol. The Morgan fingerprint density at radius 2 is 1.74 bits per heavy atom. The summed E-state index contributed by atoms with van der Waals surface area (Å²) in [5, 5.41) is 11.8. The molecule has 11 heteroatoms. The highest BCUT2D eigenvalue weighted by Gasteiger charge is 2.25. The Bertz CT molecular complexity index is 1180. The van der Waals surface area contributed by atoms with Gasteiger partial charge in [-0.05, 0) is 36.6 Å². The van der Waals surface area contributed by atoms with E-state index in [0.29, 0.717) is 22.6 Å². The van der Waals surface area contributed by atoms with E-state index in [1.54, 1.807) is 61.5 Å². The molecule has 4 N–H and O–H groups in total. The number of amides is 1. The third-order valence-corrected chi connectivity index (χ3v) is 6.77. The maximum Gasteiger partial charge on any atom is 0.326 e. The predicted molar refractivity (Wildman–Crippen MR) is 133 cm³/mol. The van der Waals surface area contributed by atoms with Crippen LogP contribution >= 0.6 is 0 Å². The Kier molecular flexibility index (Phi) is 10.1. The molecule has 0 aromatic heterocycles. The normalized spacial score (nSPS) is 12.8. The van der Waals surface area contributed by atoms with Crippen molar-refractivity contribution in [3.63, 3.8) is 0 Å². The largest absolute Gasteiger partial charge is 0.480 e. The first kappa shape index (κ1) is 27.7. The van der Waals surface area contributed by atoms with Crippen LogP contribution in [0.3, 0.4) is 0 Å². The molecule has 2 rings (SSSR count). The van der Waals surface area contributed by atoms with Gasteiger partial charge < -0.3 is 16.2 Å². The third-order valence-electron chi connectivity index (χ3n) is 5.00. The molecule has 0 saturated carbocycles. The number of likely N-dealkylation sites (N-methyl/N-ethyl adjacent to an activating group) is 1. The molecule has 0 heterocycles. The number of nitrogens with one attached hydrogen (secondary N) is 1. The molecule has 0 bridgehead atoms. The second kappa shape index (κ2) is 12.8. The number of rotatable bonds is 13. The van der Waals surface area contributed by atoms with Gasteiger partial charge in [0.1, 0.15) is 11.8 Å². The Hall–Kier alpha value is -3.57. The van der Waals surface area contributed by atoms with Crippen molar-refractivity contribution in [3.8, 4) is 0 Å². The monoisotopic (exact) mass is 502 g/mol. The highest BCUT2D eigenvalue weighted by molar-refractivity contribution is 7.88. The molecule has 0 radical (unpaired) electrons. The molecule has 188 valence electrons. The number of ketones is 1. The quantitative estimate of drug-likeness (QED) is 0.277. The van der Waals surface area contributed by atoms with Crippen molar-refractivity contribution in [2.75, 3.05) is 13.6 Å². The Balaban J connectivity index is 1.89. The van der Waals surface area contributed by atoms with Crippen LogP contribution in [0.5, 0.6) is 0 Å². The van der Waals surface area contributed by atoms with Crippen molar-refractivity contribution in [3.05, 3.63) is 65.7 Å². The summed E-state index contributed by atoms with van der Waals surface area (Å²) >= 11 is 0. The van der Waals surface area contributed by atoms with Crippen LogP contribution < -0.4 is 11.1 Å². The van der Waals surface area contributed by atoms with Gasteiger partial charge in [-0.25, -0.2) is 18.2 Å². The molecule has 1 atom stereocenters. The van der Waals surface area contributed by atoms with Crippen molar-refractivity contribution in [2.45, 2.75) is 38.0 Å². The fourth-order valence-electron chi connectivity index (χ4n) is 3.25. The fraction of sp³-hybridized carbons (Fsp3) is 0.333. The van der Waals surface area contributed by atoms with Crippen LogP contribution in [0.15, 0.2) is 59.6 Å². The number of Topliss-reactive ketones (excluding diaryl/α,β-unsaturated/α-hetero) is 1. The lowest BCUT2D eigenvalue weighted by Gasteiger charge is -2.19. The van der Waals surface area contributed by atoms with Crippen LogP contribution in [0.1, 0.15) is 30.9 Å². The summed E-state index contributed by atoms with van der Waals surface area (Å²) in [6.45, 7) is 1.11. The number of carbonyl (C=O) groups is 3. The number of carboxylic acids is 1.